The fraction of sp³-hybridized carbons (Fsp3) is 0.409. The predicted molar refractivity (Wildman–Crippen MR) is 106 cm³/mol. The largest absolute Gasteiger partial charge is 0.372 e. The normalized spacial score (nSPS) is 14.4. The van der Waals surface area contributed by atoms with Gasteiger partial charge in [0.25, 0.3) is 5.91 Å². The molecular weight excluding hydrogens is 308 g/mol. The molecule has 0 aliphatic carbocycles. The minimum Gasteiger partial charge on any atom is -0.372 e. The molecule has 1 saturated heterocycles. The van der Waals surface area contributed by atoms with Crippen LogP contribution in [0.4, 0.5) is 11.4 Å². The molecule has 25 heavy (non-hydrogen) atoms. The molecule has 0 aromatic heterocycles. The zero-order valence-corrected chi connectivity index (χ0v) is 15.1. The smallest absolute Gasteiger partial charge is 0.255 e. The number of piperidine rings is 1. The molecule has 0 saturated carbocycles. The monoisotopic (exact) mass is 336 g/mol. The topological polar surface area (TPSA) is 32.3 Å². The van der Waals surface area contributed by atoms with Crippen LogP contribution >= 0.6 is 0 Å². The summed E-state index contributed by atoms with van der Waals surface area (Å²) >= 11 is 0. The Balaban J connectivity index is 1.59. The Morgan fingerprint density at radius 2 is 1.64 bits per heavy atom. The van der Waals surface area contributed by atoms with Crippen LogP contribution in [0.1, 0.15) is 54.9 Å². The Morgan fingerprint density at radius 3 is 2.28 bits per heavy atom. The summed E-state index contributed by atoms with van der Waals surface area (Å²) in [6.07, 6.45) is 7.35. The highest BCUT2D eigenvalue weighted by atomic mass is 16.1. The molecule has 1 amide bonds. The number of amides is 1. The average Bonchev–Trinajstić information content (AvgIpc) is 2.68. The first-order chi connectivity index (χ1) is 12.3. The van der Waals surface area contributed by atoms with Crippen LogP contribution in [0.25, 0.3) is 0 Å². The molecule has 0 atom stereocenters. The number of benzene rings is 2. The highest BCUT2D eigenvalue weighted by Gasteiger charge is 2.12. The molecule has 132 valence electrons. The molecule has 3 heteroatoms. The van der Waals surface area contributed by atoms with E-state index in [1.165, 1.54) is 43.4 Å². The molecule has 1 aliphatic rings. The molecule has 1 aliphatic heterocycles. The standard InChI is InChI=1S/C22H28N2O/c1-2-3-7-18-8-12-20(13-9-18)23-22(25)19-10-14-21(15-11-19)24-16-5-4-6-17-24/h8-15H,2-7,16-17H2,1H3,(H,23,25). The number of nitrogens with zero attached hydrogens (tertiary/aromatic N) is 1. The summed E-state index contributed by atoms with van der Waals surface area (Å²) in [6, 6.07) is 16.2. The Labute approximate surface area is 151 Å². The van der Waals surface area contributed by atoms with Gasteiger partial charge in [0.1, 0.15) is 0 Å². The van der Waals surface area contributed by atoms with Crippen molar-refractivity contribution >= 4 is 17.3 Å². The van der Waals surface area contributed by atoms with Crippen molar-refractivity contribution in [3.8, 4) is 0 Å². The summed E-state index contributed by atoms with van der Waals surface area (Å²) in [5.74, 6) is -0.0495. The Morgan fingerprint density at radius 1 is 0.960 bits per heavy atom. The quantitative estimate of drug-likeness (QED) is 0.779. The van der Waals surface area contributed by atoms with E-state index in [2.05, 4.69) is 41.4 Å². The van der Waals surface area contributed by atoms with Crippen molar-refractivity contribution in [2.45, 2.75) is 45.4 Å². The van der Waals surface area contributed by atoms with Crippen molar-refractivity contribution in [3.63, 3.8) is 0 Å². The molecule has 0 unspecified atom stereocenters. The summed E-state index contributed by atoms with van der Waals surface area (Å²) in [7, 11) is 0. The van der Waals surface area contributed by atoms with E-state index in [4.69, 9.17) is 0 Å². The summed E-state index contributed by atoms with van der Waals surface area (Å²) in [5.41, 5.74) is 4.10. The number of unbranched alkanes of at least 4 members (excludes halogenated alkanes) is 1. The third-order valence-corrected chi connectivity index (χ3v) is 4.88. The van der Waals surface area contributed by atoms with Gasteiger partial charge < -0.3 is 10.2 Å². The molecule has 3 nitrogen and oxygen atoms in total. The minimum atomic E-state index is -0.0495. The molecule has 0 radical (unpaired) electrons. The first kappa shape index (κ1) is 17.5. The van der Waals surface area contributed by atoms with Gasteiger partial charge in [-0.15, -0.1) is 0 Å². The van der Waals surface area contributed by atoms with Crippen molar-refractivity contribution in [2.75, 3.05) is 23.3 Å². The van der Waals surface area contributed by atoms with Crippen molar-refractivity contribution in [1.29, 1.82) is 0 Å². The number of aryl methyl sites for hydroxylation is 1. The molecular formula is C22H28N2O. The van der Waals surface area contributed by atoms with Gasteiger partial charge in [-0.1, -0.05) is 25.5 Å². The van der Waals surface area contributed by atoms with Crippen LogP contribution in [-0.2, 0) is 6.42 Å². The Hall–Kier alpha value is -2.29. The average molecular weight is 336 g/mol. The van der Waals surface area contributed by atoms with Crippen LogP contribution in [0.15, 0.2) is 48.5 Å². The van der Waals surface area contributed by atoms with Gasteiger partial charge in [0.2, 0.25) is 0 Å². The van der Waals surface area contributed by atoms with E-state index >= 15 is 0 Å². The second-order valence-electron chi connectivity index (χ2n) is 6.85. The predicted octanol–water partition coefficient (Wildman–Crippen LogP) is 5.27. The van der Waals surface area contributed by atoms with Gasteiger partial charge in [0.05, 0.1) is 0 Å². The lowest BCUT2D eigenvalue weighted by Crippen LogP contribution is -2.29. The van der Waals surface area contributed by atoms with Crippen LogP contribution in [-0.4, -0.2) is 19.0 Å². The van der Waals surface area contributed by atoms with E-state index in [9.17, 15) is 4.79 Å². The molecule has 1 N–H and O–H groups in total. The van der Waals surface area contributed by atoms with Crippen LogP contribution in [0.2, 0.25) is 0 Å². The van der Waals surface area contributed by atoms with Gasteiger partial charge in [-0.05, 0) is 74.1 Å². The maximum atomic E-state index is 12.4. The van der Waals surface area contributed by atoms with Crippen LogP contribution < -0.4 is 10.2 Å². The number of hydrogen-bond donors (Lipinski definition) is 1. The van der Waals surface area contributed by atoms with Crippen molar-refractivity contribution in [2.24, 2.45) is 0 Å². The lowest BCUT2D eigenvalue weighted by Gasteiger charge is -2.28. The van der Waals surface area contributed by atoms with Crippen molar-refractivity contribution < 1.29 is 4.79 Å². The first-order valence-electron chi connectivity index (χ1n) is 9.51. The van der Waals surface area contributed by atoms with E-state index in [0.29, 0.717) is 5.56 Å². The van der Waals surface area contributed by atoms with Crippen molar-refractivity contribution in [3.05, 3.63) is 59.7 Å². The van der Waals surface area contributed by atoms with Gasteiger partial charge in [-0.2, -0.15) is 0 Å². The molecule has 2 aromatic rings. The number of nitrogens with one attached hydrogen (secondary N) is 1. The fourth-order valence-corrected chi connectivity index (χ4v) is 3.31. The van der Waals surface area contributed by atoms with Gasteiger partial charge >= 0.3 is 0 Å². The molecule has 1 fully saturated rings. The summed E-state index contributed by atoms with van der Waals surface area (Å²) in [6.45, 7) is 4.44. The highest BCUT2D eigenvalue weighted by Crippen LogP contribution is 2.21. The van der Waals surface area contributed by atoms with E-state index in [0.717, 1.165) is 25.2 Å². The Bertz CT molecular complexity index is 670. The molecule has 0 bridgehead atoms. The number of rotatable bonds is 6. The van der Waals surface area contributed by atoms with Gasteiger partial charge in [0.15, 0.2) is 0 Å². The second-order valence-corrected chi connectivity index (χ2v) is 6.85. The van der Waals surface area contributed by atoms with E-state index in [1.807, 2.05) is 24.3 Å². The number of anilines is 2. The maximum Gasteiger partial charge on any atom is 0.255 e. The van der Waals surface area contributed by atoms with Crippen LogP contribution in [0.5, 0.6) is 0 Å². The third-order valence-electron chi connectivity index (χ3n) is 4.88. The van der Waals surface area contributed by atoms with Gasteiger partial charge in [-0.3, -0.25) is 4.79 Å². The zero-order chi connectivity index (χ0) is 17.5. The summed E-state index contributed by atoms with van der Waals surface area (Å²) in [5, 5.41) is 2.99. The fourth-order valence-electron chi connectivity index (χ4n) is 3.31. The lowest BCUT2D eigenvalue weighted by atomic mass is 10.1. The van der Waals surface area contributed by atoms with Gasteiger partial charge in [-0.25, -0.2) is 0 Å². The third kappa shape index (κ3) is 4.85. The minimum absolute atomic E-state index is 0.0495. The van der Waals surface area contributed by atoms with Gasteiger partial charge in [0, 0.05) is 30.0 Å². The molecule has 2 aromatic carbocycles. The number of carbonyl (C=O) groups is 1. The zero-order valence-electron chi connectivity index (χ0n) is 15.1. The van der Waals surface area contributed by atoms with Crippen LogP contribution in [0, 0.1) is 0 Å². The van der Waals surface area contributed by atoms with Crippen molar-refractivity contribution in [1.82, 2.24) is 0 Å². The van der Waals surface area contributed by atoms with E-state index in [-0.39, 0.29) is 5.91 Å². The Kier molecular flexibility index (Phi) is 6.10. The number of hydrogen-bond acceptors (Lipinski definition) is 2. The SMILES string of the molecule is CCCCc1ccc(NC(=O)c2ccc(N3CCCCC3)cc2)cc1. The molecule has 1 heterocycles. The van der Waals surface area contributed by atoms with Crippen LogP contribution in [0.3, 0.4) is 0 Å². The molecule has 3 rings (SSSR count). The summed E-state index contributed by atoms with van der Waals surface area (Å²) < 4.78 is 0. The van der Waals surface area contributed by atoms with E-state index in [1.54, 1.807) is 0 Å². The lowest BCUT2D eigenvalue weighted by molar-refractivity contribution is 0.102. The first-order valence-corrected chi connectivity index (χ1v) is 9.51. The highest BCUT2D eigenvalue weighted by molar-refractivity contribution is 6.04. The molecule has 0 spiro atoms. The maximum absolute atomic E-state index is 12.4. The number of carbonyl (C=O) groups excluding carboxylic acids is 1. The second kappa shape index (κ2) is 8.70. The summed E-state index contributed by atoms with van der Waals surface area (Å²) in [4.78, 5) is 14.8. The van der Waals surface area contributed by atoms with E-state index < -0.39 is 0 Å².